The van der Waals surface area contributed by atoms with E-state index < -0.39 is 5.97 Å². The quantitative estimate of drug-likeness (QED) is 0.689. The first-order valence-electron chi connectivity index (χ1n) is 5.10. The number of rotatable bonds is 3. The van der Waals surface area contributed by atoms with Crippen LogP contribution in [0.1, 0.15) is 21.7 Å². The number of ether oxygens (including phenoxy) is 1. The first-order valence-corrected chi connectivity index (χ1v) is 6.18. The monoisotopic (exact) mass is 342 g/mol. The normalized spacial score (nSPS) is 10.2. The number of H-pyrrole nitrogens is 1. The molecule has 88 valence electrons. The summed E-state index contributed by atoms with van der Waals surface area (Å²) in [6, 6.07) is 9.56. The zero-order valence-corrected chi connectivity index (χ0v) is 11.4. The van der Waals surface area contributed by atoms with Crippen LogP contribution in [0.2, 0.25) is 0 Å². The van der Waals surface area contributed by atoms with Gasteiger partial charge in [0.05, 0.1) is 0 Å². The lowest BCUT2D eigenvalue weighted by atomic mass is 10.2. The van der Waals surface area contributed by atoms with E-state index in [1.54, 1.807) is 6.92 Å². The minimum atomic E-state index is -0.398. The van der Waals surface area contributed by atoms with Gasteiger partial charge < -0.3 is 9.72 Å². The molecule has 17 heavy (non-hydrogen) atoms. The molecular weight excluding hydrogens is 331 g/mol. The Bertz CT molecular complexity index is 523. The summed E-state index contributed by atoms with van der Waals surface area (Å²) in [5.41, 5.74) is 2.04. The lowest BCUT2D eigenvalue weighted by Gasteiger charge is -2.03. The van der Waals surface area contributed by atoms with Crippen molar-refractivity contribution in [2.24, 2.45) is 0 Å². The molecule has 0 unspecified atom stereocenters. The summed E-state index contributed by atoms with van der Waals surface area (Å²) in [7, 11) is 0. The highest BCUT2D eigenvalue weighted by Gasteiger charge is 2.15. The predicted molar refractivity (Wildman–Crippen MR) is 71.6 cm³/mol. The molecule has 2 aromatic rings. The van der Waals surface area contributed by atoms with Gasteiger partial charge in [0.25, 0.3) is 0 Å². The largest absolute Gasteiger partial charge is 0.456 e. The second-order valence-electron chi connectivity index (χ2n) is 3.56. The van der Waals surface area contributed by atoms with Gasteiger partial charge in [-0.2, -0.15) is 0 Å². The molecule has 0 saturated heterocycles. The molecule has 4 nitrogen and oxygen atoms in total. The van der Waals surface area contributed by atoms with E-state index in [0.29, 0.717) is 9.53 Å². The van der Waals surface area contributed by atoms with E-state index in [2.05, 4.69) is 9.97 Å². The number of hydrogen-bond donors (Lipinski definition) is 1. The van der Waals surface area contributed by atoms with Gasteiger partial charge in [-0.05, 0) is 35.1 Å². The highest BCUT2D eigenvalue weighted by molar-refractivity contribution is 14.1. The van der Waals surface area contributed by atoms with Crippen molar-refractivity contribution >= 4 is 28.6 Å². The smallest absolute Gasteiger partial charge is 0.359 e. The maximum Gasteiger partial charge on any atom is 0.359 e. The third kappa shape index (κ3) is 3.06. The Morgan fingerprint density at radius 2 is 2.12 bits per heavy atom. The fourth-order valence-corrected chi connectivity index (χ4v) is 2.06. The van der Waals surface area contributed by atoms with E-state index in [1.165, 1.54) is 0 Å². The van der Waals surface area contributed by atoms with Crippen LogP contribution in [0.5, 0.6) is 0 Å². The molecule has 0 aliphatic heterocycles. The molecule has 1 N–H and O–H groups in total. The molecule has 5 heteroatoms. The number of carbonyl (C=O) groups is 1. The van der Waals surface area contributed by atoms with Crippen LogP contribution >= 0.6 is 22.6 Å². The molecule has 1 aromatic heterocycles. The number of carbonyl (C=O) groups excluding carboxylic acids is 1. The topological polar surface area (TPSA) is 55.0 Å². The first kappa shape index (κ1) is 12.1. The molecule has 0 aliphatic carbocycles. The van der Waals surface area contributed by atoms with Crippen LogP contribution in [0.15, 0.2) is 30.3 Å². The number of imidazole rings is 1. The molecule has 2 rings (SSSR count). The SMILES string of the molecule is Cc1[nH]c(I)nc1C(=O)OCc1ccccc1. The maximum absolute atomic E-state index is 11.7. The van der Waals surface area contributed by atoms with Crippen molar-refractivity contribution < 1.29 is 9.53 Å². The van der Waals surface area contributed by atoms with Gasteiger partial charge in [-0.3, -0.25) is 0 Å². The Hall–Kier alpha value is -1.37. The van der Waals surface area contributed by atoms with Gasteiger partial charge in [-0.1, -0.05) is 30.3 Å². The van der Waals surface area contributed by atoms with E-state index in [9.17, 15) is 4.79 Å². The molecule has 0 fully saturated rings. The summed E-state index contributed by atoms with van der Waals surface area (Å²) < 4.78 is 5.87. The fraction of sp³-hybridized carbons (Fsp3) is 0.167. The Morgan fingerprint density at radius 3 is 2.71 bits per heavy atom. The zero-order chi connectivity index (χ0) is 12.3. The summed E-state index contributed by atoms with van der Waals surface area (Å²) in [4.78, 5) is 18.8. The highest BCUT2D eigenvalue weighted by atomic mass is 127. The summed E-state index contributed by atoms with van der Waals surface area (Å²) in [5.74, 6) is -0.398. The van der Waals surface area contributed by atoms with E-state index in [-0.39, 0.29) is 6.61 Å². The number of nitrogens with zero attached hydrogens (tertiary/aromatic N) is 1. The van der Waals surface area contributed by atoms with Crippen LogP contribution in [-0.2, 0) is 11.3 Å². The van der Waals surface area contributed by atoms with Crippen molar-refractivity contribution in [1.29, 1.82) is 0 Å². The van der Waals surface area contributed by atoms with Crippen LogP contribution in [0.25, 0.3) is 0 Å². The van der Waals surface area contributed by atoms with Crippen molar-refractivity contribution in [1.82, 2.24) is 9.97 Å². The highest BCUT2D eigenvalue weighted by Crippen LogP contribution is 2.10. The molecule has 0 amide bonds. The molecule has 0 spiro atoms. The van der Waals surface area contributed by atoms with Gasteiger partial charge in [-0.25, -0.2) is 9.78 Å². The van der Waals surface area contributed by atoms with E-state index in [1.807, 2.05) is 52.9 Å². The van der Waals surface area contributed by atoms with Gasteiger partial charge in [-0.15, -0.1) is 0 Å². The second-order valence-corrected chi connectivity index (χ2v) is 4.58. The third-order valence-corrected chi connectivity index (χ3v) is 2.77. The summed E-state index contributed by atoms with van der Waals surface area (Å²) in [6.07, 6.45) is 0. The molecule has 0 saturated carbocycles. The minimum absolute atomic E-state index is 0.266. The van der Waals surface area contributed by atoms with Crippen LogP contribution in [0.3, 0.4) is 0 Å². The number of nitrogens with one attached hydrogen (secondary N) is 1. The van der Waals surface area contributed by atoms with Gasteiger partial charge in [0.1, 0.15) is 6.61 Å². The first-order chi connectivity index (χ1) is 8.16. The average molecular weight is 342 g/mol. The van der Waals surface area contributed by atoms with Crippen LogP contribution in [0, 0.1) is 10.8 Å². The van der Waals surface area contributed by atoms with E-state index >= 15 is 0 Å². The number of aryl methyl sites for hydroxylation is 1. The summed E-state index contributed by atoms with van der Waals surface area (Å²) >= 11 is 2.03. The lowest BCUT2D eigenvalue weighted by Crippen LogP contribution is -2.07. The lowest BCUT2D eigenvalue weighted by molar-refractivity contribution is 0.0465. The van der Waals surface area contributed by atoms with Crippen molar-refractivity contribution in [3.05, 3.63) is 51.1 Å². The second kappa shape index (κ2) is 5.31. The Kier molecular flexibility index (Phi) is 3.78. The number of esters is 1. The third-order valence-electron chi connectivity index (χ3n) is 2.26. The standard InChI is InChI=1S/C12H11IN2O2/c1-8-10(15-12(13)14-8)11(16)17-7-9-5-3-2-4-6-9/h2-6H,7H2,1H3,(H,14,15). The van der Waals surface area contributed by atoms with Crippen molar-refractivity contribution in [2.75, 3.05) is 0 Å². The van der Waals surface area contributed by atoms with Gasteiger partial charge in [0.2, 0.25) is 0 Å². The predicted octanol–water partition coefficient (Wildman–Crippen LogP) is 2.68. The zero-order valence-electron chi connectivity index (χ0n) is 9.24. The van der Waals surface area contributed by atoms with E-state index in [4.69, 9.17) is 4.74 Å². The Morgan fingerprint density at radius 1 is 1.41 bits per heavy atom. The van der Waals surface area contributed by atoms with E-state index in [0.717, 1.165) is 11.3 Å². The van der Waals surface area contributed by atoms with Crippen LogP contribution in [-0.4, -0.2) is 15.9 Å². The number of benzene rings is 1. The molecule has 0 aliphatic rings. The maximum atomic E-state index is 11.7. The number of hydrogen-bond acceptors (Lipinski definition) is 3. The molecule has 0 bridgehead atoms. The molecular formula is C12H11IN2O2. The van der Waals surface area contributed by atoms with Crippen molar-refractivity contribution in [2.45, 2.75) is 13.5 Å². The molecule has 1 aromatic carbocycles. The summed E-state index contributed by atoms with van der Waals surface area (Å²) in [6.45, 7) is 2.07. The Labute approximate surface area is 113 Å². The summed E-state index contributed by atoms with van der Waals surface area (Å²) in [5, 5.41) is 0. The average Bonchev–Trinajstić information content (AvgIpc) is 2.67. The van der Waals surface area contributed by atoms with Gasteiger partial charge >= 0.3 is 5.97 Å². The molecule has 0 atom stereocenters. The van der Waals surface area contributed by atoms with Crippen molar-refractivity contribution in [3.63, 3.8) is 0 Å². The number of halogens is 1. The number of aromatic amines is 1. The van der Waals surface area contributed by atoms with Crippen LogP contribution in [0.4, 0.5) is 0 Å². The van der Waals surface area contributed by atoms with Gasteiger partial charge in [0.15, 0.2) is 9.53 Å². The minimum Gasteiger partial charge on any atom is -0.456 e. The fourth-order valence-electron chi connectivity index (χ4n) is 1.41. The van der Waals surface area contributed by atoms with Crippen LogP contribution < -0.4 is 0 Å². The molecule has 1 heterocycles. The van der Waals surface area contributed by atoms with Crippen molar-refractivity contribution in [3.8, 4) is 0 Å². The number of aromatic nitrogens is 2. The van der Waals surface area contributed by atoms with Gasteiger partial charge in [0, 0.05) is 5.69 Å². The molecule has 0 radical (unpaired) electrons. The Balaban J connectivity index is 2.01.